The van der Waals surface area contributed by atoms with Gasteiger partial charge in [-0.05, 0) is 45.3 Å². The largest absolute Gasteiger partial charge is 0.493 e. The first-order valence-corrected chi connectivity index (χ1v) is 7.44. The van der Waals surface area contributed by atoms with E-state index in [9.17, 15) is 0 Å². The Morgan fingerprint density at radius 1 is 1.20 bits per heavy atom. The minimum atomic E-state index is 0.627. The summed E-state index contributed by atoms with van der Waals surface area (Å²) in [5.41, 5.74) is 9.03. The highest BCUT2D eigenvalue weighted by Gasteiger charge is 2.11. The number of hydrogen-bond donors (Lipinski definition) is 1. The highest BCUT2D eigenvalue weighted by Crippen LogP contribution is 2.28. The molecule has 1 aliphatic rings. The van der Waals surface area contributed by atoms with Crippen LogP contribution in [0.4, 0.5) is 5.69 Å². The van der Waals surface area contributed by atoms with Gasteiger partial charge in [0.2, 0.25) is 0 Å². The third kappa shape index (κ3) is 2.90. The molecule has 0 aromatic heterocycles. The first kappa shape index (κ1) is 13.3. The van der Waals surface area contributed by atoms with Crippen LogP contribution in [-0.2, 0) is 12.8 Å². The van der Waals surface area contributed by atoms with Gasteiger partial charge in [0.1, 0.15) is 11.5 Å². The average Bonchev–Trinajstić information content (AvgIpc) is 2.90. The molecule has 2 aromatic rings. The van der Waals surface area contributed by atoms with E-state index in [0.717, 1.165) is 35.4 Å². The van der Waals surface area contributed by atoms with Crippen LogP contribution >= 0.6 is 15.9 Å². The first-order chi connectivity index (χ1) is 9.72. The van der Waals surface area contributed by atoms with Crippen molar-refractivity contribution in [2.75, 3.05) is 18.9 Å². The van der Waals surface area contributed by atoms with Gasteiger partial charge >= 0.3 is 0 Å². The summed E-state index contributed by atoms with van der Waals surface area (Å²) < 4.78 is 12.2. The number of ether oxygens (including phenoxy) is 2. The van der Waals surface area contributed by atoms with Crippen molar-refractivity contribution in [2.24, 2.45) is 0 Å². The Hall–Kier alpha value is -1.68. The zero-order valence-electron chi connectivity index (χ0n) is 11.1. The maximum atomic E-state index is 5.78. The van der Waals surface area contributed by atoms with E-state index in [-0.39, 0.29) is 0 Å². The molecular weight excluding hydrogens is 318 g/mol. The van der Waals surface area contributed by atoms with Gasteiger partial charge in [0.05, 0.1) is 17.7 Å². The molecule has 0 radical (unpaired) electrons. The van der Waals surface area contributed by atoms with E-state index in [0.29, 0.717) is 12.3 Å². The van der Waals surface area contributed by atoms with E-state index >= 15 is 0 Å². The number of rotatable bonds is 4. The molecule has 4 heteroatoms. The molecule has 0 saturated heterocycles. The van der Waals surface area contributed by atoms with Gasteiger partial charge < -0.3 is 15.2 Å². The third-order valence-corrected chi connectivity index (χ3v) is 4.01. The summed E-state index contributed by atoms with van der Waals surface area (Å²) >= 11 is 3.46. The molecule has 3 rings (SSSR count). The molecule has 0 atom stereocenters. The third-order valence-electron chi connectivity index (χ3n) is 3.36. The number of nitrogens with two attached hydrogens (primary N) is 1. The fraction of sp³-hybridized carbons (Fsp3) is 0.250. The van der Waals surface area contributed by atoms with Gasteiger partial charge in [-0.1, -0.05) is 12.1 Å². The number of hydrogen-bond acceptors (Lipinski definition) is 3. The predicted molar refractivity (Wildman–Crippen MR) is 83.4 cm³/mol. The van der Waals surface area contributed by atoms with E-state index in [2.05, 4.69) is 28.1 Å². The SMILES string of the molecule is Nc1ccc(Br)c(OCCc2ccc3c(c2)CCO3)c1. The van der Waals surface area contributed by atoms with Gasteiger partial charge in [-0.15, -0.1) is 0 Å². The molecular formula is C16H16BrNO2. The van der Waals surface area contributed by atoms with Crippen molar-refractivity contribution in [3.63, 3.8) is 0 Å². The molecule has 0 spiro atoms. The van der Waals surface area contributed by atoms with Gasteiger partial charge in [0.25, 0.3) is 0 Å². The fourth-order valence-corrected chi connectivity index (χ4v) is 2.67. The van der Waals surface area contributed by atoms with Gasteiger partial charge in [-0.2, -0.15) is 0 Å². The van der Waals surface area contributed by atoms with E-state index in [1.807, 2.05) is 24.3 Å². The molecule has 2 N–H and O–H groups in total. The molecule has 0 saturated carbocycles. The molecule has 0 unspecified atom stereocenters. The van der Waals surface area contributed by atoms with Crippen molar-refractivity contribution >= 4 is 21.6 Å². The summed E-state index contributed by atoms with van der Waals surface area (Å²) in [6.07, 6.45) is 1.87. The summed E-state index contributed by atoms with van der Waals surface area (Å²) in [7, 11) is 0. The van der Waals surface area contributed by atoms with E-state index in [1.165, 1.54) is 11.1 Å². The summed E-state index contributed by atoms with van der Waals surface area (Å²) in [4.78, 5) is 0. The normalized spacial score (nSPS) is 12.8. The Morgan fingerprint density at radius 3 is 3.00 bits per heavy atom. The number of nitrogen functional groups attached to an aromatic ring is 1. The molecule has 1 aliphatic heterocycles. The van der Waals surface area contributed by atoms with Crippen molar-refractivity contribution < 1.29 is 9.47 Å². The van der Waals surface area contributed by atoms with Crippen molar-refractivity contribution in [1.29, 1.82) is 0 Å². The summed E-state index contributed by atoms with van der Waals surface area (Å²) in [6, 6.07) is 11.9. The van der Waals surface area contributed by atoms with Gasteiger partial charge in [0, 0.05) is 24.6 Å². The topological polar surface area (TPSA) is 44.5 Å². The summed E-state index contributed by atoms with van der Waals surface area (Å²) in [6.45, 7) is 1.42. The second kappa shape index (κ2) is 5.75. The zero-order valence-corrected chi connectivity index (χ0v) is 12.7. The van der Waals surface area contributed by atoms with Crippen LogP contribution in [0.3, 0.4) is 0 Å². The zero-order chi connectivity index (χ0) is 13.9. The van der Waals surface area contributed by atoms with Crippen molar-refractivity contribution in [3.05, 3.63) is 52.0 Å². The fourth-order valence-electron chi connectivity index (χ4n) is 2.30. The Morgan fingerprint density at radius 2 is 2.10 bits per heavy atom. The monoisotopic (exact) mass is 333 g/mol. The van der Waals surface area contributed by atoms with Crippen LogP contribution in [-0.4, -0.2) is 13.2 Å². The molecule has 2 aromatic carbocycles. The molecule has 1 heterocycles. The van der Waals surface area contributed by atoms with Gasteiger partial charge in [-0.3, -0.25) is 0 Å². The van der Waals surface area contributed by atoms with E-state index in [4.69, 9.17) is 15.2 Å². The summed E-state index contributed by atoms with van der Waals surface area (Å²) in [5, 5.41) is 0. The second-order valence-electron chi connectivity index (χ2n) is 4.83. The van der Waals surface area contributed by atoms with Crippen LogP contribution in [0.5, 0.6) is 11.5 Å². The van der Waals surface area contributed by atoms with Crippen LogP contribution in [0.15, 0.2) is 40.9 Å². The number of benzene rings is 2. The van der Waals surface area contributed by atoms with Gasteiger partial charge in [0.15, 0.2) is 0 Å². The Bertz CT molecular complexity index is 628. The highest BCUT2D eigenvalue weighted by atomic mass is 79.9. The Kier molecular flexibility index (Phi) is 3.83. The van der Waals surface area contributed by atoms with Crippen molar-refractivity contribution in [2.45, 2.75) is 12.8 Å². The lowest BCUT2D eigenvalue weighted by Crippen LogP contribution is -2.02. The minimum Gasteiger partial charge on any atom is -0.493 e. The second-order valence-corrected chi connectivity index (χ2v) is 5.68. The summed E-state index contributed by atoms with van der Waals surface area (Å²) in [5.74, 6) is 1.81. The molecule has 0 aliphatic carbocycles. The molecule has 104 valence electrons. The number of fused-ring (bicyclic) bond motifs is 1. The lowest BCUT2D eigenvalue weighted by atomic mass is 10.1. The number of anilines is 1. The lowest BCUT2D eigenvalue weighted by molar-refractivity contribution is 0.320. The van der Waals surface area contributed by atoms with Gasteiger partial charge in [-0.25, -0.2) is 0 Å². The molecule has 20 heavy (non-hydrogen) atoms. The maximum Gasteiger partial charge on any atom is 0.135 e. The molecule has 3 nitrogen and oxygen atoms in total. The van der Waals surface area contributed by atoms with E-state index in [1.54, 1.807) is 0 Å². The smallest absolute Gasteiger partial charge is 0.135 e. The van der Waals surface area contributed by atoms with Crippen molar-refractivity contribution in [1.82, 2.24) is 0 Å². The molecule has 0 fully saturated rings. The van der Waals surface area contributed by atoms with Crippen molar-refractivity contribution in [3.8, 4) is 11.5 Å². The van der Waals surface area contributed by atoms with Crippen LogP contribution < -0.4 is 15.2 Å². The number of halogens is 1. The van der Waals surface area contributed by atoms with Crippen LogP contribution in [0, 0.1) is 0 Å². The quantitative estimate of drug-likeness (QED) is 0.869. The molecule has 0 bridgehead atoms. The Labute approximate surface area is 126 Å². The van der Waals surface area contributed by atoms with Crippen LogP contribution in [0.25, 0.3) is 0 Å². The maximum absolute atomic E-state index is 5.78. The van der Waals surface area contributed by atoms with E-state index < -0.39 is 0 Å². The molecule has 0 amide bonds. The Balaban J connectivity index is 1.61. The predicted octanol–water partition coefficient (Wildman–Crippen LogP) is 3.59. The van der Waals surface area contributed by atoms with Crippen LogP contribution in [0.2, 0.25) is 0 Å². The lowest BCUT2D eigenvalue weighted by Gasteiger charge is -2.09. The standard InChI is InChI=1S/C16H16BrNO2/c17-14-3-2-13(18)10-16(14)20-7-5-11-1-4-15-12(9-11)6-8-19-15/h1-4,9-10H,5-8,18H2. The minimum absolute atomic E-state index is 0.627. The van der Waals surface area contributed by atoms with Crippen LogP contribution in [0.1, 0.15) is 11.1 Å². The first-order valence-electron chi connectivity index (χ1n) is 6.65. The average molecular weight is 334 g/mol. The highest BCUT2D eigenvalue weighted by molar-refractivity contribution is 9.10.